The van der Waals surface area contributed by atoms with Crippen LogP contribution in [0.25, 0.3) is 11.1 Å². The number of hydrogen-bond donors (Lipinski definition) is 1. The number of piperidine rings is 1. The molecule has 2 fully saturated rings. The fourth-order valence-corrected chi connectivity index (χ4v) is 4.04. The Morgan fingerprint density at radius 2 is 2.19 bits per heavy atom. The molecule has 1 N–H and O–H groups in total. The molecule has 0 unspecified atom stereocenters. The number of halogens is 1. The Balaban J connectivity index is 1.55. The highest BCUT2D eigenvalue weighted by molar-refractivity contribution is 5.91. The van der Waals surface area contributed by atoms with Crippen LogP contribution in [0.15, 0.2) is 36.7 Å². The SMILES string of the molecule is Cc1ccc(NC(=O)N2[C@@H]3CC[C@@H](C#N)[C@H]2C3)cc1-c1cncc(F)c1. The first-order valence-corrected chi connectivity index (χ1v) is 8.77. The van der Waals surface area contributed by atoms with Gasteiger partial charge < -0.3 is 10.2 Å². The molecule has 2 saturated heterocycles. The Kier molecular flexibility index (Phi) is 4.08. The average molecular weight is 350 g/mol. The van der Waals surface area contributed by atoms with Crippen molar-refractivity contribution < 1.29 is 9.18 Å². The molecule has 2 aliphatic heterocycles. The first-order chi connectivity index (χ1) is 12.6. The van der Waals surface area contributed by atoms with Crippen LogP contribution in [0.5, 0.6) is 0 Å². The second kappa shape index (κ2) is 6.41. The molecule has 26 heavy (non-hydrogen) atoms. The Morgan fingerprint density at radius 1 is 1.35 bits per heavy atom. The highest BCUT2D eigenvalue weighted by Gasteiger charge is 2.49. The number of benzene rings is 1. The lowest BCUT2D eigenvalue weighted by molar-refractivity contribution is -0.00638. The highest BCUT2D eigenvalue weighted by atomic mass is 19.1. The lowest BCUT2D eigenvalue weighted by atomic mass is 9.73. The first-order valence-electron chi connectivity index (χ1n) is 8.77. The molecule has 2 aromatic rings. The van der Waals surface area contributed by atoms with Crippen LogP contribution in [0.2, 0.25) is 0 Å². The zero-order valence-corrected chi connectivity index (χ0v) is 14.4. The number of pyridine rings is 1. The number of rotatable bonds is 2. The largest absolute Gasteiger partial charge is 0.322 e. The van der Waals surface area contributed by atoms with Crippen LogP contribution in [0.3, 0.4) is 0 Å². The van der Waals surface area contributed by atoms with Crippen LogP contribution in [0, 0.1) is 30.0 Å². The molecule has 1 aromatic heterocycles. The minimum atomic E-state index is -0.396. The molecular weight excluding hydrogens is 331 g/mol. The summed E-state index contributed by atoms with van der Waals surface area (Å²) in [6, 6.07) is 9.40. The Bertz CT molecular complexity index is 905. The van der Waals surface area contributed by atoms with Gasteiger partial charge in [0.2, 0.25) is 0 Å². The molecule has 3 atom stereocenters. The number of carbonyl (C=O) groups excluding carboxylic acids is 1. The van der Waals surface area contributed by atoms with E-state index in [-0.39, 0.29) is 24.0 Å². The summed E-state index contributed by atoms with van der Waals surface area (Å²) in [5, 5.41) is 12.2. The molecule has 0 radical (unpaired) electrons. The Hall–Kier alpha value is -2.94. The van der Waals surface area contributed by atoms with Crippen molar-refractivity contribution in [3.8, 4) is 17.2 Å². The third-order valence-corrected chi connectivity index (χ3v) is 5.44. The van der Waals surface area contributed by atoms with Gasteiger partial charge in [-0.05, 0) is 55.5 Å². The number of hydrogen-bond acceptors (Lipinski definition) is 3. The number of nitrogens with one attached hydrogen (secondary N) is 1. The van der Waals surface area contributed by atoms with Crippen molar-refractivity contribution in [2.75, 3.05) is 5.32 Å². The van der Waals surface area contributed by atoms with E-state index < -0.39 is 5.82 Å². The predicted molar refractivity (Wildman–Crippen MR) is 95.8 cm³/mol. The van der Waals surface area contributed by atoms with Gasteiger partial charge in [0.15, 0.2) is 0 Å². The number of nitriles is 1. The molecule has 0 saturated carbocycles. The number of nitrogens with zero attached hydrogens (tertiary/aromatic N) is 3. The first kappa shape index (κ1) is 16.5. The van der Waals surface area contributed by atoms with Gasteiger partial charge >= 0.3 is 6.03 Å². The van der Waals surface area contributed by atoms with Crippen molar-refractivity contribution in [2.24, 2.45) is 5.92 Å². The highest BCUT2D eigenvalue weighted by Crippen LogP contribution is 2.42. The maximum Gasteiger partial charge on any atom is 0.322 e. The van der Waals surface area contributed by atoms with E-state index in [1.807, 2.05) is 25.1 Å². The standard InChI is InChI=1S/C20H19FN4O/c1-12-2-4-16(7-18(12)14-6-15(21)11-23-10-14)24-20(26)25-17-5-3-13(9-22)19(25)8-17/h2,4,6-7,10-11,13,17,19H,3,5,8H2,1H3,(H,24,26)/t13-,17+,19+/m0/s1. The molecular formula is C20H19FN4O. The van der Waals surface area contributed by atoms with Gasteiger partial charge in [-0.25, -0.2) is 9.18 Å². The van der Waals surface area contributed by atoms with Gasteiger partial charge in [0.1, 0.15) is 5.82 Å². The summed E-state index contributed by atoms with van der Waals surface area (Å²) in [6.45, 7) is 1.93. The number of carbonyl (C=O) groups is 1. The van der Waals surface area contributed by atoms with Crippen molar-refractivity contribution in [1.82, 2.24) is 9.88 Å². The molecule has 2 amide bonds. The van der Waals surface area contributed by atoms with Gasteiger partial charge in [-0.1, -0.05) is 6.07 Å². The molecule has 0 spiro atoms. The van der Waals surface area contributed by atoms with Crippen molar-refractivity contribution in [2.45, 2.75) is 38.3 Å². The molecule has 3 heterocycles. The maximum absolute atomic E-state index is 13.5. The fraction of sp³-hybridized carbons (Fsp3) is 0.350. The van der Waals surface area contributed by atoms with Gasteiger partial charge in [-0.15, -0.1) is 0 Å². The van der Waals surface area contributed by atoms with E-state index in [4.69, 9.17) is 0 Å². The number of amides is 2. The van der Waals surface area contributed by atoms with Crippen molar-refractivity contribution in [3.63, 3.8) is 0 Å². The number of anilines is 1. The maximum atomic E-state index is 13.5. The summed E-state index contributed by atoms with van der Waals surface area (Å²) in [4.78, 5) is 18.4. The van der Waals surface area contributed by atoms with Crippen LogP contribution in [0.1, 0.15) is 24.8 Å². The summed E-state index contributed by atoms with van der Waals surface area (Å²) < 4.78 is 13.5. The minimum absolute atomic E-state index is 0.0242. The van der Waals surface area contributed by atoms with Crippen LogP contribution in [-0.2, 0) is 0 Å². The third-order valence-electron chi connectivity index (χ3n) is 5.44. The molecule has 4 rings (SSSR count). The summed E-state index contributed by atoms with van der Waals surface area (Å²) in [6.07, 6.45) is 5.44. The zero-order chi connectivity index (χ0) is 18.3. The van der Waals surface area contributed by atoms with Crippen molar-refractivity contribution >= 4 is 11.7 Å². The number of fused-ring (bicyclic) bond motifs is 2. The predicted octanol–water partition coefficient (Wildman–Crippen LogP) is 4.10. The smallest absolute Gasteiger partial charge is 0.317 e. The van der Waals surface area contributed by atoms with Crippen LogP contribution >= 0.6 is 0 Å². The van der Waals surface area contributed by atoms with E-state index in [1.54, 1.807) is 11.1 Å². The van der Waals surface area contributed by atoms with Crippen LogP contribution < -0.4 is 5.32 Å². The molecule has 2 bridgehead atoms. The summed E-state index contributed by atoms with van der Waals surface area (Å²) in [5.41, 5.74) is 3.12. The fourth-order valence-electron chi connectivity index (χ4n) is 4.04. The van der Waals surface area contributed by atoms with Gasteiger partial charge in [0.25, 0.3) is 0 Å². The molecule has 5 nitrogen and oxygen atoms in total. The summed E-state index contributed by atoms with van der Waals surface area (Å²) >= 11 is 0. The van der Waals surface area contributed by atoms with E-state index >= 15 is 0 Å². The van der Waals surface area contributed by atoms with E-state index in [2.05, 4.69) is 16.4 Å². The van der Waals surface area contributed by atoms with E-state index in [9.17, 15) is 14.4 Å². The van der Waals surface area contributed by atoms with Gasteiger partial charge in [-0.2, -0.15) is 5.26 Å². The lowest BCUT2D eigenvalue weighted by Crippen LogP contribution is -2.65. The average Bonchev–Trinajstić information content (AvgIpc) is 2.63. The molecule has 132 valence electrons. The van der Waals surface area contributed by atoms with E-state index in [0.29, 0.717) is 11.3 Å². The summed E-state index contributed by atoms with van der Waals surface area (Å²) in [7, 11) is 0. The van der Waals surface area contributed by atoms with Gasteiger partial charge in [0.05, 0.1) is 24.2 Å². The molecule has 1 aromatic carbocycles. The summed E-state index contributed by atoms with van der Waals surface area (Å²) in [5.74, 6) is -0.468. The van der Waals surface area contributed by atoms with Gasteiger partial charge in [0, 0.05) is 23.5 Å². The normalized spacial score (nSPS) is 23.7. The van der Waals surface area contributed by atoms with Crippen molar-refractivity contribution in [3.05, 3.63) is 48.0 Å². The topological polar surface area (TPSA) is 69.0 Å². The van der Waals surface area contributed by atoms with E-state index in [0.717, 1.165) is 30.4 Å². The second-order valence-corrected chi connectivity index (χ2v) is 7.03. The quantitative estimate of drug-likeness (QED) is 0.886. The third kappa shape index (κ3) is 2.80. The molecule has 0 aliphatic carbocycles. The van der Waals surface area contributed by atoms with Crippen LogP contribution in [0.4, 0.5) is 14.9 Å². The molecule has 2 aliphatic rings. The van der Waals surface area contributed by atoms with E-state index in [1.165, 1.54) is 12.3 Å². The monoisotopic (exact) mass is 350 g/mol. The van der Waals surface area contributed by atoms with Crippen LogP contribution in [-0.4, -0.2) is 28.0 Å². The second-order valence-electron chi connectivity index (χ2n) is 7.03. The lowest BCUT2D eigenvalue weighted by Gasteiger charge is -2.54. The van der Waals surface area contributed by atoms with Gasteiger partial charge in [-0.3, -0.25) is 4.98 Å². The number of aryl methyl sites for hydroxylation is 1. The Labute approximate surface area is 151 Å². The zero-order valence-electron chi connectivity index (χ0n) is 14.4. The minimum Gasteiger partial charge on any atom is -0.317 e. The molecule has 6 heteroatoms. The number of aromatic nitrogens is 1. The Morgan fingerprint density at radius 3 is 2.92 bits per heavy atom. The number of urea groups is 1. The van der Waals surface area contributed by atoms with Crippen molar-refractivity contribution in [1.29, 1.82) is 5.26 Å².